The predicted octanol–water partition coefficient (Wildman–Crippen LogP) is 3.46. The molecule has 1 amide bonds. The van der Waals surface area contributed by atoms with Crippen molar-refractivity contribution in [3.05, 3.63) is 72.1 Å². The fraction of sp³-hybridized carbons (Fsp3) is 0.158. The van der Waals surface area contributed by atoms with Crippen molar-refractivity contribution in [3.63, 3.8) is 0 Å². The van der Waals surface area contributed by atoms with E-state index in [9.17, 15) is 4.79 Å². The molecule has 0 aliphatic carbocycles. The zero-order valence-electron chi connectivity index (χ0n) is 13.7. The van der Waals surface area contributed by atoms with Crippen LogP contribution in [-0.2, 0) is 0 Å². The number of imidazole rings is 1. The summed E-state index contributed by atoms with van der Waals surface area (Å²) in [6, 6.07) is 17.4. The first-order valence-electron chi connectivity index (χ1n) is 7.97. The number of hydrogen-bond acceptors (Lipinski definition) is 4. The van der Waals surface area contributed by atoms with Crippen molar-refractivity contribution in [2.24, 2.45) is 0 Å². The molecule has 1 aliphatic heterocycles. The van der Waals surface area contributed by atoms with Crippen molar-refractivity contribution in [3.8, 4) is 11.4 Å². The molecule has 1 atom stereocenters. The van der Waals surface area contributed by atoms with E-state index in [0.29, 0.717) is 12.3 Å². The molecule has 25 heavy (non-hydrogen) atoms. The van der Waals surface area contributed by atoms with Gasteiger partial charge in [-0.05, 0) is 24.5 Å². The second kappa shape index (κ2) is 6.64. The Bertz CT molecular complexity index is 908. The minimum absolute atomic E-state index is 0.152. The summed E-state index contributed by atoms with van der Waals surface area (Å²) in [5, 5.41) is 3.84. The van der Waals surface area contributed by atoms with E-state index in [1.54, 1.807) is 6.20 Å². The van der Waals surface area contributed by atoms with Gasteiger partial charge in [0, 0.05) is 11.3 Å². The molecule has 0 bridgehead atoms. The minimum Gasteiger partial charge on any atom is -0.491 e. The number of fused-ring (bicyclic) bond motifs is 1. The molecule has 1 unspecified atom stereocenters. The van der Waals surface area contributed by atoms with Crippen LogP contribution in [0.3, 0.4) is 0 Å². The lowest BCUT2D eigenvalue weighted by atomic mass is 10.1. The molecule has 5 nitrogen and oxygen atoms in total. The van der Waals surface area contributed by atoms with Gasteiger partial charge in [-0.3, -0.25) is 9.36 Å². The maximum Gasteiger partial charge on any atom is 0.270 e. The van der Waals surface area contributed by atoms with Gasteiger partial charge in [-0.25, -0.2) is 4.98 Å². The third-order valence-electron chi connectivity index (χ3n) is 4.16. The molecule has 2 heterocycles. The van der Waals surface area contributed by atoms with Crippen LogP contribution in [0, 0.1) is 0 Å². The topological polar surface area (TPSA) is 56.1 Å². The van der Waals surface area contributed by atoms with E-state index in [0.717, 1.165) is 22.2 Å². The molecule has 126 valence electrons. The van der Waals surface area contributed by atoms with E-state index in [1.807, 2.05) is 65.4 Å². The molecule has 4 rings (SSSR count). The van der Waals surface area contributed by atoms with Crippen molar-refractivity contribution < 1.29 is 9.53 Å². The van der Waals surface area contributed by atoms with Gasteiger partial charge in [0.15, 0.2) is 5.16 Å². The van der Waals surface area contributed by atoms with Gasteiger partial charge in [-0.1, -0.05) is 48.2 Å². The van der Waals surface area contributed by atoms with Crippen LogP contribution in [0.1, 0.15) is 22.1 Å². The Hall–Kier alpha value is -2.73. The molecule has 3 aromatic rings. The summed E-state index contributed by atoms with van der Waals surface area (Å²) in [6.07, 6.45) is 3.57. The van der Waals surface area contributed by atoms with Gasteiger partial charge in [0.05, 0.1) is 12.2 Å². The van der Waals surface area contributed by atoms with Crippen molar-refractivity contribution in [1.29, 1.82) is 0 Å². The molecule has 0 spiro atoms. The van der Waals surface area contributed by atoms with E-state index in [-0.39, 0.29) is 11.9 Å². The lowest BCUT2D eigenvalue weighted by Gasteiger charge is -2.14. The van der Waals surface area contributed by atoms with Gasteiger partial charge in [0.25, 0.3) is 5.91 Å². The number of rotatable bonds is 4. The molecular weight excluding hydrogens is 334 g/mol. The predicted molar refractivity (Wildman–Crippen MR) is 97.5 cm³/mol. The summed E-state index contributed by atoms with van der Waals surface area (Å²) in [6.45, 7) is 0.444. The first-order chi connectivity index (χ1) is 12.3. The highest BCUT2D eigenvalue weighted by molar-refractivity contribution is 7.98. The molecule has 0 radical (unpaired) electrons. The Morgan fingerprint density at radius 3 is 2.76 bits per heavy atom. The van der Waals surface area contributed by atoms with Gasteiger partial charge >= 0.3 is 0 Å². The number of hydrogen-bond donors (Lipinski definition) is 1. The van der Waals surface area contributed by atoms with Crippen LogP contribution >= 0.6 is 11.8 Å². The molecular formula is C19H17N3O2S. The Morgan fingerprint density at radius 1 is 1.20 bits per heavy atom. The van der Waals surface area contributed by atoms with Crippen LogP contribution in [-0.4, -0.2) is 28.3 Å². The average Bonchev–Trinajstić information content (AvgIpc) is 3.27. The largest absolute Gasteiger partial charge is 0.491 e. The van der Waals surface area contributed by atoms with Crippen LogP contribution in [0.5, 0.6) is 5.75 Å². The summed E-state index contributed by atoms with van der Waals surface area (Å²) in [5.74, 6) is 0.663. The van der Waals surface area contributed by atoms with E-state index < -0.39 is 0 Å². The molecule has 0 saturated heterocycles. The summed E-state index contributed by atoms with van der Waals surface area (Å²) >= 11 is 1.51. The van der Waals surface area contributed by atoms with Crippen molar-refractivity contribution in [2.75, 3.05) is 12.9 Å². The third-order valence-corrected chi connectivity index (χ3v) is 4.82. The second-order valence-corrected chi connectivity index (χ2v) is 6.45. The maximum atomic E-state index is 12.9. The molecule has 1 aromatic heterocycles. The highest BCUT2D eigenvalue weighted by Gasteiger charge is 2.27. The van der Waals surface area contributed by atoms with Crippen LogP contribution in [0.4, 0.5) is 0 Å². The van der Waals surface area contributed by atoms with Crippen LogP contribution in [0.2, 0.25) is 0 Å². The molecule has 6 heteroatoms. The zero-order valence-corrected chi connectivity index (χ0v) is 14.5. The first-order valence-corrected chi connectivity index (χ1v) is 9.20. The summed E-state index contributed by atoms with van der Waals surface area (Å²) in [4.78, 5) is 17.3. The van der Waals surface area contributed by atoms with Crippen molar-refractivity contribution in [1.82, 2.24) is 14.9 Å². The maximum absolute atomic E-state index is 12.9. The van der Waals surface area contributed by atoms with E-state index in [2.05, 4.69) is 10.3 Å². The molecule has 1 N–H and O–H groups in total. The molecule has 0 fully saturated rings. The Labute approximate surface area is 150 Å². The minimum atomic E-state index is -0.165. The SMILES string of the molecule is CSc1ncc(C(=O)NC2COc3ccccc32)n1-c1ccccc1. The number of aromatic nitrogens is 2. The lowest BCUT2D eigenvalue weighted by molar-refractivity contribution is 0.0923. The fourth-order valence-electron chi connectivity index (χ4n) is 2.98. The second-order valence-electron chi connectivity index (χ2n) is 5.68. The number of ether oxygens (including phenoxy) is 1. The van der Waals surface area contributed by atoms with Crippen molar-refractivity contribution in [2.45, 2.75) is 11.2 Å². The highest BCUT2D eigenvalue weighted by atomic mass is 32.2. The Kier molecular flexibility index (Phi) is 4.19. The Morgan fingerprint density at radius 2 is 1.96 bits per heavy atom. The van der Waals surface area contributed by atoms with Gasteiger partial charge < -0.3 is 10.1 Å². The Balaban J connectivity index is 1.65. The number of carbonyl (C=O) groups excluding carboxylic acids is 1. The van der Waals surface area contributed by atoms with Crippen LogP contribution in [0.15, 0.2) is 66.0 Å². The highest BCUT2D eigenvalue weighted by Crippen LogP contribution is 2.32. The van der Waals surface area contributed by atoms with E-state index >= 15 is 0 Å². The van der Waals surface area contributed by atoms with Gasteiger partial charge in [0.1, 0.15) is 18.1 Å². The van der Waals surface area contributed by atoms with Crippen LogP contribution in [0.25, 0.3) is 5.69 Å². The van der Waals surface area contributed by atoms with Gasteiger partial charge in [0.2, 0.25) is 0 Å². The van der Waals surface area contributed by atoms with Gasteiger partial charge in [-0.2, -0.15) is 0 Å². The fourth-order valence-corrected chi connectivity index (χ4v) is 3.52. The van der Waals surface area contributed by atoms with Crippen LogP contribution < -0.4 is 10.1 Å². The normalized spacial score (nSPS) is 15.5. The molecule has 0 saturated carbocycles. The zero-order chi connectivity index (χ0) is 17.2. The van der Waals surface area contributed by atoms with E-state index in [4.69, 9.17) is 4.74 Å². The number of nitrogens with zero attached hydrogens (tertiary/aromatic N) is 2. The lowest BCUT2D eigenvalue weighted by Crippen LogP contribution is -2.31. The monoisotopic (exact) mass is 351 g/mol. The third kappa shape index (κ3) is 2.89. The number of carbonyl (C=O) groups is 1. The summed E-state index contributed by atoms with van der Waals surface area (Å²) in [5.41, 5.74) is 2.43. The summed E-state index contributed by atoms with van der Waals surface area (Å²) < 4.78 is 7.52. The van der Waals surface area contributed by atoms with Gasteiger partial charge in [-0.15, -0.1) is 0 Å². The van der Waals surface area contributed by atoms with Crippen molar-refractivity contribution >= 4 is 17.7 Å². The number of benzene rings is 2. The number of para-hydroxylation sites is 2. The smallest absolute Gasteiger partial charge is 0.270 e. The standard InChI is InChI=1S/C19H17N3O2S/c1-25-19-20-11-16(22(19)13-7-3-2-4-8-13)18(23)21-15-12-24-17-10-6-5-9-14(15)17/h2-11,15H,12H2,1H3,(H,21,23). The number of thioether (sulfide) groups is 1. The first kappa shape index (κ1) is 15.8. The number of amides is 1. The summed E-state index contributed by atoms with van der Waals surface area (Å²) in [7, 11) is 0. The molecule has 2 aromatic carbocycles. The van der Waals surface area contributed by atoms with E-state index in [1.165, 1.54) is 11.8 Å². The number of nitrogens with one attached hydrogen (secondary N) is 1. The quantitative estimate of drug-likeness (QED) is 0.732. The average molecular weight is 351 g/mol. The molecule has 1 aliphatic rings.